The molecule has 0 saturated heterocycles. The molecule has 0 aromatic heterocycles. The van der Waals surface area contributed by atoms with Gasteiger partial charge in [-0.25, -0.2) is 0 Å². The number of ketones is 2. The molecule has 2 aromatic carbocycles. The van der Waals surface area contributed by atoms with Crippen molar-refractivity contribution in [3.8, 4) is 5.75 Å². The topological polar surface area (TPSA) is 182 Å². The molecular formula is C28H25BrN2O8. The smallest absolute Gasteiger partial charge is 0.255 e. The van der Waals surface area contributed by atoms with Crippen molar-refractivity contribution in [3.63, 3.8) is 0 Å². The molecule has 2 aromatic rings. The molecule has 3 aliphatic carbocycles. The van der Waals surface area contributed by atoms with Gasteiger partial charge in [-0.1, -0.05) is 46.3 Å². The van der Waals surface area contributed by atoms with E-state index in [1.807, 2.05) is 0 Å². The summed E-state index contributed by atoms with van der Waals surface area (Å²) in [7, 11) is 2.91. The Morgan fingerprint density at radius 2 is 1.72 bits per heavy atom. The van der Waals surface area contributed by atoms with Crippen LogP contribution in [0.1, 0.15) is 16.7 Å². The Morgan fingerprint density at radius 3 is 2.31 bits per heavy atom. The van der Waals surface area contributed by atoms with E-state index in [9.17, 15) is 39.9 Å². The number of amides is 1. The summed E-state index contributed by atoms with van der Waals surface area (Å²) in [5.41, 5.74) is 2.12. The average molecular weight is 597 g/mol. The van der Waals surface area contributed by atoms with Gasteiger partial charge in [0, 0.05) is 10.4 Å². The molecule has 1 saturated carbocycles. The number of carbonyl (C=O) groups is 3. The van der Waals surface area contributed by atoms with Crippen LogP contribution in [0, 0.1) is 11.8 Å². The lowest BCUT2D eigenvalue weighted by molar-refractivity contribution is -0.166. The fourth-order valence-electron chi connectivity index (χ4n) is 6.05. The Bertz CT molecular complexity index is 1540. The molecule has 5 unspecified atom stereocenters. The lowest BCUT2D eigenvalue weighted by atomic mass is 9.55. The Kier molecular flexibility index (Phi) is 6.30. The summed E-state index contributed by atoms with van der Waals surface area (Å²) in [6.45, 7) is 0. The van der Waals surface area contributed by atoms with Crippen molar-refractivity contribution in [3.05, 3.63) is 80.5 Å². The number of aliphatic hydroxyl groups is 4. The molecule has 5 rings (SSSR count). The lowest BCUT2D eigenvalue weighted by Crippen LogP contribution is -2.70. The molecule has 5 atom stereocenters. The number of primary amides is 1. The third-order valence-corrected chi connectivity index (χ3v) is 8.25. The molecule has 0 spiro atoms. The molecular weight excluding hydrogens is 572 g/mol. The van der Waals surface area contributed by atoms with Crippen molar-refractivity contribution in [2.24, 2.45) is 17.6 Å². The number of nitrogens with zero attached hydrogens (tertiary/aromatic N) is 1. The van der Waals surface area contributed by atoms with Gasteiger partial charge in [-0.15, -0.1) is 0 Å². The minimum Gasteiger partial charge on any atom is -0.508 e. The third-order valence-electron chi connectivity index (χ3n) is 7.72. The van der Waals surface area contributed by atoms with Crippen molar-refractivity contribution in [1.82, 2.24) is 4.90 Å². The Balaban J connectivity index is 1.86. The average Bonchev–Trinajstić information content (AvgIpc) is 2.86. The van der Waals surface area contributed by atoms with Crippen LogP contribution in [0.3, 0.4) is 0 Å². The number of hydrogen-bond donors (Lipinski definition) is 6. The standard InChI is InChI=1S/C28H25BrN2O8/c1-31(2)21-20-23(34)17-14(10-11-6-8-12(29)9-7-11)13-4-3-5-15(32)16(13)22(33)18(17)25(36)28(20,39)26(37)19(24(21)35)27(30)38/h3-10,17,20-21,23,32-34,37,39H,1-2H3,(H2,30,38)/b14-10+. The van der Waals surface area contributed by atoms with E-state index in [2.05, 4.69) is 15.9 Å². The summed E-state index contributed by atoms with van der Waals surface area (Å²) < 4.78 is 0.810. The third kappa shape index (κ3) is 3.69. The van der Waals surface area contributed by atoms with E-state index in [4.69, 9.17) is 5.73 Å². The summed E-state index contributed by atoms with van der Waals surface area (Å²) in [5.74, 6) is -8.83. The number of benzene rings is 2. The van der Waals surface area contributed by atoms with E-state index in [0.29, 0.717) is 16.7 Å². The number of nitrogens with two attached hydrogens (primary N) is 1. The first-order valence-electron chi connectivity index (χ1n) is 11.9. The zero-order chi connectivity index (χ0) is 28.5. The van der Waals surface area contributed by atoms with E-state index >= 15 is 0 Å². The molecule has 1 fully saturated rings. The number of carbonyl (C=O) groups excluding carboxylic acids is 3. The fourth-order valence-corrected chi connectivity index (χ4v) is 6.31. The molecule has 10 nitrogen and oxygen atoms in total. The zero-order valence-electron chi connectivity index (χ0n) is 20.8. The first-order chi connectivity index (χ1) is 18.3. The lowest BCUT2D eigenvalue weighted by Gasteiger charge is -2.53. The summed E-state index contributed by atoms with van der Waals surface area (Å²) in [5, 5.41) is 56.6. The molecule has 0 bridgehead atoms. The van der Waals surface area contributed by atoms with Gasteiger partial charge >= 0.3 is 0 Å². The van der Waals surface area contributed by atoms with Gasteiger partial charge in [0.15, 0.2) is 11.4 Å². The van der Waals surface area contributed by atoms with Crippen LogP contribution in [-0.4, -0.2) is 79.7 Å². The van der Waals surface area contributed by atoms with Gasteiger partial charge in [-0.05, 0) is 49.0 Å². The quantitative estimate of drug-likeness (QED) is 0.287. The maximum atomic E-state index is 14.1. The SMILES string of the molecule is CN(C)C1C(=O)C(C(N)=O)=C(O)C2(O)C(=O)C3=C(O)c4c(O)cccc4/C(=C\c4ccc(Br)cc4)C3C(O)C12. The van der Waals surface area contributed by atoms with Gasteiger partial charge in [0.1, 0.15) is 22.8 Å². The second-order valence-corrected chi connectivity index (χ2v) is 11.0. The van der Waals surface area contributed by atoms with Crippen LogP contribution >= 0.6 is 15.9 Å². The van der Waals surface area contributed by atoms with Gasteiger partial charge < -0.3 is 31.3 Å². The van der Waals surface area contributed by atoms with E-state index in [0.717, 1.165) is 4.47 Å². The molecule has 0 heterocycles. The minimum absolute atomic E-state index is 0.107. The number of aromatic hydroxyl groups is 1. The van der Waals surface area contributed by atoms with Gasteiger partial charge in [-0.3, -0.25) is 19.3 Å². The zero-order valence-corrected chi connectivity index (χ0v) is 22.4. The summed E-state index contributed by atoms with van der Waals surface area (Å²) in [4.78, 5) is 40.9. The molecule has 11 heteroatoms. The van der Waals surface area contributed by atoms with Crippen molar-refractivity contribution in [2.75, 3.05) is 14.1 Å². The maximum Gasteiger partial charge on any atom is 0.255 e. The first-order valence-corrected chi connectivity index (χ1v) is 12.7. The number of hydrogen-bond acceptors (Lipinski definition) is 9. The van der Waals surface area contributed by atoms with Crippen LogP contribution in [-0.2, 0) is 14.4 Å². The molecule has 202 valence electrons. The van der Waals surface area contributed by atoms with Crippen LogP contribution < -0.4 is 5.73 Å². The highest BCUT2D eigenvalue weighted by atomic mass is 79.9. The van der Waals surface area contributed by atoms with Crippen LogP contribution in [0.5, 0.6) is 5.75 Å². The number of fused-ring (bicyclic) bond motifs is 3. The highest BCUT2D eigenvalue weighted by Gasteiger charge is 2.68. The van der Waals surface area contributed by atoms with Crippen LogP contribution in [0.25, 0.3) is 17.4 Å². The number of rotatable bonds is 3. The highest BCUT2D eigenvalue weighted by molar-refractivity contribution is 9.10. The Labute approximate surface area is 231 Å². The van der Waals surface area contributed by atoms with E-state index < -0.39 is 69.7 Å². The summed E-state index contributed by atoms with van der Waals surface area (Å²) >= 11 is 3.37. The Hall–Kier alpha value is -3.77. The van der Waals surface area contributed by atoms with Gasteiger partial charge in [0.2, 0.25) is 5.78 Å². The Morgan fingerprint density at radius 1 is 1.08 bits per heavy atom. The number of phenols is 1. The number of likely N-dealkylation sites (N-methyl/N-ethyl adjacent to an activating group) is 1. The molecule has 39 heavy (non-hydrogen) atoms. The van der Waals surface area contributed by atoms with Crippen molar-refractivity contribution in [2.45, 2.75) is 17.7 Å². The van der Waals surface area contributed by atoms with Crippen LogP contribution in [0.2, 0.25) is 0 Å². The normalized spacial score (nSPS) is 29.4. The number of phenolic OH excluding ortho intramolecular Hbond substituents is 1. The first kappa shape index (κ1) is 26.8. The van der Waals surface area contributed by atoms with Gasteiger partial charge in [0.05, 0.1) is 29.2 Å². The maximum absolute atomic E-state index is 14.1. The fraction of sp³-hybridized carbons (Fsp3) is 0.250. The van der Waals surface area contributed by atoms with E-state index in [1.54, 1.807) is 36.4 Å². The number of halogens is 1. The van der Waals surface area contributed by atoms with Crippen molar-refractivity contribution in [1.29, 1.82) is 0 Å². The minimum atomic E-state index is -2.98. The molecule has 1 amide bonds. The number of aliphatic hydroxyl groups excluding tert-OH is 3. The molecule has 0 radical (unpaired) electrons. The van der Waals surface area contributed by atoms with Gasteiger partial charge in [-0.2, -0.15) is 0 Å². The van der Waals surface area contributed by atoms with Gasteiger partial charge in [0.25, 0.3) is 5.91 Å². The monoisotopic (exact) mass is 596 g/mol. The second kappa shape index (κ2) is 9.16. The van der Waals surface area contributed by atoms with Crippen molar-refractivity contribution < 1.29 is 39.9 Å². The molecule has 7 N–H and O–H groups in total. The molecule has 0 aliphatic heterocycles. The highest BCUT2D eigenvalue weighted by Crippen LogP contribution is 2.56. The second-order valence-electron chi connectivity index (χ2n) is 10.1. The van der Waals surface area contributed by atoms with Crippen LogP contribution in [0.15, 0.2) is 63.8 Å². The van der Waals surface area contributed by atoms with Crippen LogP contribution in [0.4, 0.5) is 0 Å². The summed E-state index contributed by atoms with van der Waals surface area (Å²) in [6.07, 6.45) is -0.0577. The largest absolute Gasteiger partial charge is 0.508 e. The van der Waals surface area contributed by atoms with Crippen molar-refractivity contribution >= 4 is 50.8 Å². The summed E-state index contributed by atoms with van der Waals surface area (Å²) in [6, 6.07) is 10.1. The number of Topliss-reactive ketones (excluding diaryl/α,β-unsaturated/α-hetero) is 2. The van der Waals surface area contributed by atoms with E-state index in [1.165, 1.54) is 31.1 Å². The van der Waals surface area contributed by atoms with E-state index in [-0.39, 0.29) is 11.3 Å². The predicted molar refractivity (Wildman–Crippen MR) is 144 cm³/mol. The predicted octanol–water partition coefficient (Wildman–Crippen LogP) is 1.70. The molecule has 3 aliphatic rings.